The van der Waals surface area contributed by atoms with Gasteiger partial charge in [-0.3, -0.25) is 9.59 Å². The third-order valence-electron chi connectivity index (χ3n) is 5.94. The summed E-state index contributed by atoms with van der Waals surface area (Å²) >= 11 is 0. The maximum absolute atomic E-state index is 12.9. The van der Waals surface area contributed by atoms with Crippen LogP contribution in [-0.2, 0) is 25.5 Å². The molecule has 10 heteroatoms. The Labute approximate surface area is 207 Å². The predicted molar refractivity (Wildman–Crippen MR) is 132 cm³/mol. The highest BCUT2D eigenvalue weighted by atomic mass is 16.5. The summed E-state index contributed by atoms with van der Waals surface area (Å²) in [5.41, 5.74) is 4.02. The van der Waals surface area contributed by atoms with Gasteiger partial charge in [0.2, 0.25) is 5.91 Å². The van der Waals surface area contributed by atoms with Crippen molar-refractivity contribution in [3.8, 4) is 11.1 Å². The first kappa shape index (κ1) is 24.6. The minimum absolute atomic E-state index is 0.0685. The number of hydrogen-bond acceptors (Lipinski definition) is 7. The second-order valence-electron chi connectivity index (χ2n) is 8.37. The van der Waals surface area contributed by atoms with Crippen LogP contribution in [0.1, 0.15) is 51.4 Å². The minimum atomic E-state index is -0.853. The Balaban J connectivity index is 1.60. The summed E-state index contributed by atoms with van der Waals surface area (Å²) in [6.07, 6.45) is 0.446. The van der Waals surface area contributed by atoms with Crippen LogP contribution in [0.5, 0.6) is 0 Å². The largest absolute Gasteiger partial charge is 0.465 e. The molecule has 0 radical (unpaired) electrons. The van der Waals surface area contributed by atoms with Gasteiger partial charge in [0, 0.05) is 11.3 Å². The van der Waals surface area contributed by atoms with Gasteiger partial charge in [-0.2, -0.15) is 5.10 Å². The first-order valence-electron chi connectivity index (χ1n) is 11.4. The van der Waals surface area contributed by atoms with Crippen LogP contribution in [0.4, 0.5) is 11.5 Å². The van der Waals surface area contributed by atoms with Gasteiger partial charge in [-0.15, -0.1) is 0 Å². The molecule has 10 nitrogen and oxygen atoms in total. The average Bonchev–Trinajstić information content (AvgIpc) is 3.38. The standard InChI is InChI=1S/C26H26N4O6/c1-5-19-22(15-8-6-14(2)7-9-15)23-28-24(32)20(30(23)29-19)13-21(31)27-18-11-16(25(33)35-3)10-17(12-18)26(34)36-4/h6-12,20H,5,13H2,1-4H3,(H,27,31)(H,28,32). The van der Waals surface area contributed by atoms with Crippen LogP contribution >= 0.6 is 0 Å². The molecule has 2 amide bonds. The third-order valence-corrected chi connectivity index (χ3v) is 5.94. The van der Waals surface area contributed by atoms with Crippen molar-refractivity contribution in [3.05, 3.63) is 64.8 Å². The molecular weight excluding hydrogens is 464 g/mol. The van der Waals surface area contributed by atoms with Crippen LogP contribution in [0.25, 0.3) is 11.1 Å². The minimum Gasteiger partial charge on any atom is -0.465 e. The topological polar surface area (TPSA) is 129 Å². The number of ether oxygens (including phenoxy) is 2. The van der Waals surface area contributed by atoms with Crippen molar-refractivity contribution in [3.63, 3.8) is 0 Å². The molecule has 2 N–H and O–H groups in total. The molecule has 0 spiro atoms. The van der Waals surface area contributed by atoms with Crippen LogP contribution < -0.4 is 10.6 Å². The van der Waals surface area contributed by atoms with Gasteiger partial charge in [-0.1, -0.05) is 36.8 Å². The Bertz CT molecular complexity index is 1330. The zero-order valence-corrected chi connectivity index (χ0v) is 20.4. The van der Waals surface area contributed by atoms with E-state index in [9.17, 15) is 19.2 Å². The number of anilines is 2. The van der Waals surface area contributed by atoms with E-state index in [0.29, 0.717) is 12.2 Å². The summed E-state index contributed by atoms with van der Waals surface area (Å²) in [5.74, 6) is -1.64. The van der Waals surface area contributed by atoms with Crippen LogP contribution in [0.15, 0.2) is 42.5 Å². The van der Waals surface area contributed by atoms with Crippen molar-refractivity contribution in [2.24, 2.45) is 0 Å². The van der Waals surface area contributed by atoms with Crippen LogP contribution in [0.2, 0.25) is 0 Å². The summed E-state index contributed by atoms with van der Waals surface area (Å²) in [6, 6.07) is 11.2. The van der Waals surface area contributed by atoms with E-state index in [4.69, 9.17) is 9.47 Å². The Morgan fingerprint density at radius 2 is 1.64 bits per heavy atom. The monoisotopic (exact) mass is 490 g/mol. The van der Waals surface area contributed by atoms with Gasteiger partial charge >= 0.3 is 11.9 Å². The fourth-order valence-corrected chi connectivity index (χ4v) is 4.15. The Morgan fingerprint density at radius 1 is 1.03 bits per heavy atom. The normalized spacial score (nSPS) is 14.1. The second-order valence-corrected chi connectivity index (χ2v) is 8.37. The molecule has 0 bridgehead atoms. The van der Waals surface area contributed by atoms with Gasteiger partial charge in [0.15, 0.2) is 0 Å². The zero-order valence-electron chi connectivity index (χ0n) is 20.4. The van der Waals surface area contributed by atoms with Crippen molar-refractivity contribution >= 4 is 35.3 Å². The van der Waals surface area contributed by atoms with E-state index in [2.05, 4.69) is 15.7 Å². The van der Waals surface area contributed by atoms with Crippen LogP contribution in [0.3, 0.4) is 0 Å². The lowest BCUT2D eigenvalue weighted by Crippen LogP contribution is -2.24. The smallest absolute Gasteiger partial charge is 0.337 e. The number of rotatable bonds is 7. The molecule has 4 rings (SSSR count). The first-order chi connectivity index (χ1) is 17.2. The molecule has 1 unspecified atom stereocenters. The number of esters is 2. The number of nitrogens with zero attached hydrogens (tertiary/aromatic N) is 2. The van der Waals surface area contributed by atoms with E-state index in [-0.39, 0.29) is 29.1 Å². The maximum Gasteiger partial charge on any atom is 0.337 e. The maximum atomic E-state index is 12.9. The Morgan fingerprint density at radius 3 is 2.19 bits per heavy atom. The first-order valence-corrected chi connectivity index (χ1v) is 11.4. The summed E-state index contributed by atoms with van der Waals surface area (Å²) in [6.45, 7) is 3.98. The van der Waals surface area contributed by atoms with Gasteiger partial charge in [-0.25, -0.2) is 14.3 Å². The fraction of sp³-hybridized carbons (Fsp3) is 0.269. The molecule has 0 saturated carbocycles. The van der Waals surface area contributed by atoms with E-state index >= 15 is 0 Å². The van der Waals surface area contributed by atoms with Crippen molar-refractivity contribution in [2.75, 3.05) is 24.9 Å². The van der Waals surface area contributed by atoms with Gasteiger partial charge in [-0.05, 0) is 37.1 Å². The van der Waals surface area contributed by atoms with E-state index < -0.39 is 23.9 Å². The van der Waals surface area contributed by atoms with Gasteiger partial charge < -0.3 is 20.1 Å². The molecule has 1 aromatic heterocycles. The fourth-order valence-electron chi connectivity index (χ4n) is 4.15. The molecule has 2 heterocycles. The lowest BCUT2D eigenvalue weighted by molar-refractivity contribution is -0.123. The highest BCUT2D eigenvalue weighted by molar-refractivity contribution is 6.05. The number of carbonyl (C=O) groups excluding carboxylic acids is 4. The molecule has 1 aliphatic heterocycles. The lowest BCUT2D eigenvalue weighted by Gasteiger charge is -2.12. The molecule has 36 heavy (non-hydrogen) atoms. The van der Waals surface area contributed by atoms with E-state index in [1.165, 1.54) is 32.4 Å². The van der Waals surface area contributed by atoms with Gasteiger partial charge in [0.1, 0.15) is 11.9 Å². The van der Waals surface area contributed by atoms with Crippen molar-refractivity contribution in [1.82, 2.24) is 9.78 Å². The number of fused-ring (bicyclic) bond motifs is 1. The molecule has 0 fully saturated rings. The third kappa shape index (κ3) is 4.70. The lowest BCUT2D eigenvalue weighted by atomic mass is 10.0. The Hall–Kier alpha value is -4.47. The Kier molecular flexibility index (Phi) is 6.86. The summed E-state index contributed by atoms with van der Waals surface area (Å²) in [4.78, 5) is 49.8. The number of benzene rings is 2. The molecule has 1 atom stereocenters. The molecular formula is C26H26N4O6. The highest BCUT2D eigenvalue weighted by Crippen LogP contribution is 2.39. The number of hydrogen-bond donors (Lipinski definition) is 2. The number of amides is 2. The number of nitrogens with one attached hydrogen (secondary N) is 2. The predicted octanol–water partition coefficient (Wildman–Crippen LogP) is 3.52. The summed E-state index contributed by atoms with van der Waals surface area (Å²) in [7, 11) is 2.42. The van der Waals surface area contributed by atoms with E-state index in [1.807, 2.05) is 38.1 Å². The second kappa shape index (κ2) is 10.0. The number of aryl methyl sites for hydroxylation is 2. The van der Waals surface area contributed by atoms with Crippen LogP contribution in [-0.4, -0.2) is 47.8 Å². The summed E-state index contributed by atoms with van der Waals surface area (Å²) in [5, 5.41) is 10.2. The number of aromatic nitrogens is 2. The van der Waals surface area contributed by atoms with Crippen molar-refractivity contribution in [2.45, 2.75) is 32.7 Å². The van der Waals surface area contributed by atoms with E-state index in [0.717, 1.165) is 22.4 Å². The quantitative estimate of drug-likeness (QED) is 0.485. The molecule has 1 aliphatic rings. The molecule has 3 aromatic rings. The van der Waals surface area contributed by atoms with E-state index in [1.54, 1.807) is 4.68 Å². The number of methoxy groups -OCH3 is 2. The SMILES string of the molecule is CCc1nn2c(c1-c1ccc(C)cc1)NC(=O)C2CC(=O)Nc1cc(C(=O)OC)cc(C(=O)OC)c1. The van der Waals surface area contributed by atoms with Crippen molar-refractivity contribution in [1.29, 1.82) is 0 Å². The molecule has 2 aromatic carbocycles. The van der Waals surface area contributed by atoms with Crippen LogP contribution in [0, 0.1) is 6.92 Å². The zero-order chi connectivity index (χ0) is 26.0. The molecule has 0 saturated heterocycles. The molecule has 0 aliphatic carbocycles. The highest BCUT2D eigenvalue weighted by Gasteiger charge is 2.36. The van der Waals surface area contributed by atoms with Crippen molar-refractivity contribution < 1.29 is 28.7 Å². The molecule has 186 valence electrons. The number of carbonyl (C=O) groups is 4. The van der Waals surface area contributed by atoms with Gasteiger partial charge in [0.25, 0.3) is 5.91 Å². The van der Waals surface area contributed by atoms with Gasteiger partial charge in [0.05, 0.1) is 37.5 Å². The summed E-state index contributed by atoms with van der Waals surface area (Å²) < 4.78 is 11.0. The average molecular weight is 491 g/mol.